The molecule has 2 nitrogen and oxygen atoms in total. The summed E-state index contributed by atoms with van der Waals surface area (Å²) in [5.74, 6) is 0.665. The van der Waals surface area contributed by atoms with E-state index in [-0.39, 0.29) is 12.8 Å². The largest absolute Gasteiger partial charge is 0.496 e. The van der Waals surface area contributed by atoms with E-state index in [1.54, 1.807) is 20.3 Å². The Labute approximate surface area is 111 Å². The summed E-state index contributed by atoms with van der Waals surface area (Å²) in [6.07, 6.45) is 3.82. The van der Waals surface area contributed by atoms with E-state index in [4.69, 9.17) is 21.1 Å². The van der Waals surface area contributed by atoms with Crippen LogP contribution in [-0.4, -0.2) is 19.3 Å². The number of rotatable bonds is 3. The van der Waals surface area contributed by atoms with Crippen LogP contribution >= 0.6 is 11.6 Å². The average Bonchev–Trinajstić information content (AvgIpc) is 2.37. The number of para-hydroxylation sites is 1. The average molecular weight is 271 g/mol. The Hall–Kier alpha value is -1.06. The van der Waals surface area contributed by atoms with Crippen molar-refractivity contribution in [1.29, 1.82) is 0 Å². The van der Waals surface area contributed by atoms with Crippen molar-refractivity contribution >= 4 is 11.6 Å². The lowest BCUT2D eigenvalue weighted by molar-refractivity contribution is -0.0137. The molecule has 0 amide bonds. The number of alkyl halides is 2. The van der Waals surface area contributed by atoms with Gasteiger partial charge < -0.3 is 9.47 Å². The van der Waals surface area contributed by atoms with E-state index in [1.165, 1.54) is 0 Å². The molecule has 98 valence electrons. The smallest absolute Gasteiger partial charge is 0.190 e. The maximum Gasteiger partial charge on any atom is 0.190 e. The van der Waals surface area contributed by atoms with Crippen molar-refractivity contribution in [1.82, 2.24) is 0 Å². The lowest BCUT2D eigenvalue weighted by atomic mass is 9.82. The molecule has 0 saturated carbocycles. The number of hydrogen-bond acceptors (Lipinski definition) is 2. The van der Waals surface area contributed by atoms with Crippen molar-refractivity contribution in [3.8, 4) is 5.75 Å². The molecule has 0 saturated heterocycles. The van der Waals surface area contributed by atoms with Crippen LogP contribution in [0.5, 0.6) is 5.75 Å². The molecule has 0 bridgehead atoms. The summed E-state index contributed by atoms with van der Waals surface area (Å²) in [4.78, 5) is 0. The van der Waals surface area contributed by atoms with E-state index < -0.39 is 10.7 Å². The lowest BCUT2D eigenvalue weighted by Gasteiger charge is -2.37. The van der Waals surface area contributed by atoms with Crippen molar-refractivity contribution < 1.29 is 13.9 Å². The van der Waals surface area contributed by atoms with Crippen LogP contribution in [-0.2, 0) is 10.3 Å². The Morgan fingerprint density at radius 3 is 2.61 bits per heavy atom. The molecule has 2 rings (SSSR count). The van der Waals surface area contributed by atoms with Gasteiger partial charge in [0.25, 0.3) is 0 Å². The standard InChI is InChI=1S/C14H16ClFO2/c1-17-12-7-4-3-6-11(12)13(18-2)8-5-9-14(15,16)10-13/h3-8H,9-10H2,1-2H3. The third-order valence-electron chi connectivity index (χ3n) is 3.25. The quantitative estimate of drug-likeness (QED) is 0.615. The summed E-state index contributed by atoms with van der Waals surface area (Å²) in [5, 5.41) is -1.79. The highest BCUT2D eigenvalue weighted by Crippen LogP contribution is 2.46. The van der Waals surface area contributed by atoms with Crippen molar-refractivity contribution in [2.75, 3.05) is 14.2 Å². The fourth-order valence-corrected chi connectivity index (χ4v) is 2.65. The highest BCUT2D eigenvalue weighted by Gasteiger charge is 2.44. The van der Waals surface area contributed by atoms with Crippen LogP contribution in [0.2, 0.25) is 0 Å². The highest BCUT2D eigenvalue weighted by atomic mass is 35.5. The molecule has 0 heterocycles. The van der Waals surface area contributed by atoms with Gasteiger partial charge in [0.1, 0.15) is 11.4 Å². The maximum atomic E-state index is 14.1. The van der Waals surface area contributed by atoms with Gasteiger partial charge in [-0.05, 0) is 6.07 Å². The molecule has 1 aliphatic carbocycles. The first kappa shape index (κ1) is 13.4. The monoisotopic (exact) mass is 270 g/mol. The molecule has 0 radical (unpaired) electrons. The summed E-state index contributed by atoms with van der Waals surface area (Å²) in [6, 6.07) is 7.43. The Morgan fingerprint density at radius 1 is 1.28 bits per heavy atom. The predicted octanol–water partition coefficient (Wildman–Crippen LogP) is 3.79. The number of methoxy groups -OCH3 is 2. The van der Waals surface area contributed by atoms with Gasteiger partial charge in [-0.2, -0.15) is 0 Å². The first-order valence-corrected chi connectivity index (χ1v) is 6.15. The second kappa shape index (κ2) is 4.90. The van der Waals surface area contributed by atoms with Gasteiger partial charge in [0.15, 0.2) is 5.13 Å². The molecule has 1 aliphatic rings. The molecule has 2 atom stereocenters. The Balaban J connectivity index is 2.50. The molecule has 4 heteroatoms. The topological polar surface area (TPSA) is 18.5 Å². The van der Waals surface area contributed by atoms with E-state index in [0.717, 1.165) is 5.56 Å². The van der Waals surface area contributed by atoms with Crippen molar-refractivity contribution in [3.05, 3.63) is 42.0 Å². The summed E-state index contributed by atoms with van der Waals surface area (Å²) in [6.45, 7) is 0. The van der Waals surface area contributed by atoms with Gasteiger partial charge in [-0.25, -0.2) is 4.39 Å². The van der Waals surface area contributed by atoms with Gasteiger partial charge in [0.2, 0.25) is 0 Å². The zero-order valence-electron chi connectivity index (χ0n) is 10.5. The second-order valence-electron chi connectivity index (χ2n) is 4.43. The Morgan fingerprint density at radius 2 is 2.00 bits per heavy atom. The van der Waals surface area contributed by atoms with Crippen LogP contribution in [0.1, 0.15) is 18.4 Å². The Bertz CT molecular complexity index is 459. The van der Waals surface area contributed by atoms with Gasteiger partial charge >= 0.3 is 0 Å². The third-order valence-corrected chi connectivity index (χ3v) is 3.54. The maximum absolute atomic E-state index is 14.1. The van der Waals surface area contributed by atoms with Crippen LogP contribution in [0, 0.1) is 0 Å². The molecular weight excluding hydrogens is 255 g/mol. The third kappa shape index (κ3) is 2.38. The fourth-order valence-electron chi connectivity index (χ4n) is 2.37. The zero-order chi connectivity index (χ0) is 13.2. The fraction of sp³-hybridized carbons (Fsp3) is 0.429. The van der Waals surface area contributed by atoms with Gasteiger partial charge in [-0.3, -0.25) is 0 Å². The number of benzene rings is 1. The van der Waals surface area contributed by atoms with Crippen LogP contribution in [0.15, 0.2) is 36.4 Å². The number of hydrogen-bond donors (Lipinski definition) is 0. The van der Waals surface area contributed by atoms with Gasteiger partial charge in [0.05, 0.1) is 7.11 Å². The van der Waals surface area contributed by atoms with E-state index in [9.17, 15) is 4.39 Å². The number of halogens is 2. The molecule has 0 spiro atoms. The second-order valence-corrected chi connectivity index (χ2v) is 5.11. The summed E-state index contributed by atoms with van der Waals surface area (Å²) in [5.41, 5.74) is -0.0879. The molecule has 0 fully saturated rings. The number of ether oxygens (including phenoxy) is 2. The summed E-state index contributed by atoms with van der Waals surface area (Å²) in [7, 11) is 3.13. The van der Waals surface area contributed by atoms with E-state index in [2.05, 4.69) is 0 Å². The minimum atomic E-state index is -1.79. The van der Waals surface area contributed by atoms with Crippen LogP contribution in [0.25, 0.3) is 0 Å². The van der Waals surface area contributed by atoms with Crippen molar-refractivity contribution in [3.63, 3.8) is 0 Å². The molecule has 1 aromatic rings. The molecule has 0 N–H and O–H groups in total. The molecular formula is C14H16ClFO2. The predicted molar refractivity (Wildman–Crippen MR) is 69.7 cm³/mol. The van der Waals surface area contributed by atoms with E-state index in [1.807, 2.05) is 30.3 Å². The van der Waals surface area contributed by atoms with Gasteiger partial charge in [-0.15, -0.1) is 0 Å². The summed E-state index contributed by atoms with van der Waals surface area (Å²) >= 11 is 5.84. The van der Waals surface area contributed by atoms with Crippen LogP contribution < -0.4 is 4.74 Å². The zero-order valence-corrected chi connectivity index (χ0v) is 11.2. The van der Waals surface area contributed by atoms with Crippen molar-refractivity contribution in [2.45, 2.75) is 23.6 Å². The first-order chi connectivity index (χ1) is 8.53. The van der Waals surface area contributed by atoms with Crippen LogP contribution in [0.3, 0.4) is 0 Å². The normalized spacial score (nSPS) is 31.3. The summed E-state index contributed by atoms with van der Waals surface area (Å²) < 4.78 is 24.9. The highest BCUT2D eigenvalue weighted by molar-refractivity contribution is 6.23. The van der Waals surface area contributed by atoms with Crippen molar-refractivity contribution in [2.24, 2.45) is 0 Å². The van der Waals surface area contributed by atoms with Crippen LogP contribution in [0.4, 0.5) is 4.39 Å². The molecule has 18 heavy (non-hydrogen) atoms. The Kier molecular flexibility index (Phi) is 3.64. The minimum absolute atomic E-state index is 0.0644. The minimum Gasteiger partial charge on any atom is -0.496 e. The van der Waals surface area contributed by atoms with E-state index in [0.29, 0.717) is 5.75 Å². The molecule has 0 aromatic heterocycles. The molecule has 1 aromatic carbocycles. The van der Waals surface area contributed by atoms with Gasteiger partial charge in [-0.1, -0.05) is 42.0 Å². The SMILES string of the molecule is COc1ccccc1C1(OC)C=CCC(F)(Cl)C1. The molecule has 2 unspecified atom stereocenters. The molecule has 0 aliphatic heterocycles. The first-order valence-electron chi connectivity index (χ1n) is 5.77. The lowest BCUT2D eigenvalue weighted by Crippen LogP contribution is -2.37. The number of allylic oxidation sites excluding steroid dienone is 1. The van der Waals surface area contributed by atoms with Gasteiger partial charge in [0, 0.05) is 25.5 Å². The van der Waals surface area contributed by atoms with E-state index >= 15 is 0 Å².